The number of nitrogens with zero attached hydrogens (tertiary/aromatic N) is 1. The molecule has 2 atom stereocenters. The lowest BCUT2D eigenvalue weighted by Crippen LogP contribution is -2.52. The van der Waals surface area contributed by atoms with Crippen molar-refractivity contribution in [3.05, 3.63) is 64.4 Å². The number of nitrogens with one attached hydrogen (secondary N) is 3. The van der Waals surface area contributed by atoms with E-state index in [1.165, 1.54) is 17.0 Å². The lowest BCUT2D eigenvalue weighted by Gasteiger charge is -2.28. The molecule has 0 spiro atoms. The van der Waals surface area contributed by atoms with Crippen molar-refractivity contribution in [1.82, 2.24) is 20.9 Å². The van der Waals surface area contributed by atoms with Gasteiger partial charge in [-0.2, -0.15) is 0 Å². The van der Waals surface area contributed by atoms with E-state index in [1.54, 1.807) is 25.2 Å². The summed E-state index contributed by atoms with van der Waals surface area (Å²) in [6.07, 6.45) is 2.25. The summed E-state index contributed by atoms with van der Waals surface area (Å²) in [6.45, 7) is 15.0. The first-order valence-corrected chi connectivity index (χ1v) is 15.6. The average molecular weight is 623 g/mol. The van der Waals surface area contributed by atoms with Gasteiger partial charge in [-0.3, -0.25) is 14.4 Å². The molecular formula is C33H52ClFN4O4. The molecule has 3 rings (SSSR count). The van der Waals surface area contributed by atoms with Crippen molar-refractivity contribution in [2.75, 3.05) is 39.8 Å². The highest BCUT2D eigenvalue weighted by molar-refractivity contribution is 6.30. The topological polar surface area (TPSA) is 99.8 Å². The summed E-state index contributed by atoms with van der Waals surface area (Å²) in [5.41, 5.74) is 2.09. The maximum absolute atomic E-state index is 12.9. The number of aryl methyl sites for hydroxylation is 2. The van der Waals surface area contributed by atoms with Crippen molar-refractivity contribution < 1.29 is 23.5 Å². The summed E-state index contributed by atoms with van der Waals surface area (Å²) in [4.78, 5) is 38.5. The zero-order valence-electron chi connectivity index (χ0n) is 27.2. The van der Waals surface area contributed by atoms with E-state index < -0.39 is 6.04 Å². The van der Waals surface area contributed by atoms with Gasteiger partial charge in [0.25, 0.3) is 0 Å². The van der Waals surface area contributed by atoms with Crippen LogP contribution in [0.3, 0.4) is 0 Å². The van der Waals surface area contributed by atoms with Crippen LogP contribution in [0.25, 0.3) is 0 Å². The second-order valence-electron chi connectivity index (χ2n) is 9.64. The normalized spacial score (nSPS) is 17.2. The highest BCUT2D eigenvalue weighted by Crippen LogP contribution is 2.24. The van der Waals surface area contributed by atoms with Crippen LogP contribution in [0.5, 0.6) is 5.75 Å². The van der Waals surface area contributed by atoms with E-state index >= 15 is 0 Å². The van der Waals surface area contributed by atoms with E-state index in [4.69, 9.17) is 16.3 Å². The van der Waals surface area contributed by atoms with E-state index in [-0.39, 0.29) is 42.5 Å². The molecule has 0 radical (unpaired) electrons. The molecule has 3 N–H and O–H groups in total. The van der Waals surface area contributed by atoms with Gasteiger partial charge < -0.3 is 25.6 Å². The molecule has 0 saturated carbocycles. The number of likely N-dealkylation sites (N-methyl/N-ethyl adjacent to an activating group) is 1. The Kier molecular flexibility index (Phi) is 21.6. The van der Waals surface area contributed by atoms with Crippen LogP contribution < -0.4 is 20.7 Å². The Morgan fingerprint density at radius 3 is 2.26 bits per heavy atom. The Balaban J connectivity index is 0.00000124. The lowest BCUT2D eigenvalue weighted by molar-refractivity contribution is -0.137. The summed E-state index contributed by atoms with van der Waals surface area (Å²) in [7, 11) is 1.59. The second kappa shape index (κ2) is 23.3. The zero-order valence-corrected chi connectivity index (χ0v) is 27.9. The quantitative estimate of drug-likeness (QED) is 0.408. The van der Waals surface area contributed by atoms with Gasteiger partial charge in [0.2, 0.25) is 17.7 Å². The maximum atomic E-state index is 12.9. The summed E-state index contributed by atoms with van der Waals surface area (Å²) in [5.74, 6) is -0.192. The van der Waals surface area contributed by atoms with E-state index in [0.29, 0.717) is 36.9 Å². The highest BCUT2D eigenvalue weighted by Gasteiger charge is 2.27. The third kappa shape index (κ3) is 16.3. The number of amides is 3. The van der Waals surface area contributed by atoms with Gasteiger partial charge >= 0.3 is 0 Å². The van der Waals surface area contributed by atoms with Gasteiger partial charge in [-0.15, -0.1) is 0 Å². The number of rotatable bonds is 2. The number of halogens is 2. The summed E-state index contributed by atoms with van der Waals surface area (Å²) >= 11 is 6.14. The van der Waals surface area contributed by atoms with Gasteiger partial charge in [-0.1, -0.05) is 83.3 Å². The molecule has 3 amide bonds. The molecule has 242 valence electrons. The number of fused-ring (bicyclic) bond motifs is 1. The molecule has 43 heavy (non-hydrogen) atoms. The van der Waals surface area contributed by atoms with Crippen molar-refractivity contribution in [2.45, 2.75) is 73.8 Å². The molecule has 10 heteroatoms. The maximum Gasteiger partial charge on any atom is 0.240 e. The minimum Gasteiger partial charge on any atom is -0.492 e. The number of hydrogen-bond donors (Lipinski definition) is 3. The average Bonchev–Trinajstić information content (AvgIpc) is 3.01. The Morgan fingerprint density at radius 1 is 1.00 bits per heavy atom. The Morgan fingerprint density at radius 2 is 1.65 bits per heavy atom. The number of benzene rings is 2. The number of ether oxygens (including phenoxy) is 1. The van der Waals surface area contributed by atoms with Gasteiger partial charge in [-0.05, 0) is 55.5 Å². The molecule has 1 aliphatic rings. The molecule has 0 aromatic heterocycles. The second-order valence-corrected chi connectivity index (χ2v) is 10.1. The van der Waals surface area contributed by atoms with Crippen LogP contribution in [0.1, 0.15) is 65.5 Å². The first-order chi connectivity index (χ1) is 20.6. The molecule has 2 aromatic rings. The fourth-order valence-electron chi connectivity index (χ4n) is 3.88. The van der Waals surface area contributed by atoms with Crippen LogP contribution in [0, 0.1) is 18.7 Å². The molecular weight excluding hydrogens is 571 g/mol. The molecule has 1 heterocycles. The van der Waals surface area contributed by atoms with Crippen LogP contribution >= 0.6 is 11.6 Å². The first kappa shape index (κ1) is 39.8. The molecule has 2 unspecified atom stereocenters. The smallest absolute Gasteiger partial charge is 0.240 e. The lowest BCUT2D eigenvalue weighted by atomic mass is 9.98. The monoisotopic (exact) mass is 622 g/mol. The van der Waals surface area contributed by atoms with Crippen molar-refractivity contribution in [3.63, 3.8) is 0 Å². The molecule has 2 aromatic carbocycles. The number of hydrogen-bond acceptors (Lipinski definition) is 5. The minimum absolute atomic E-state index is 0.0797. The Bertz CT molecular complexity index is 1060. The first-order valence-electron chi connectivity index (χ1n) is 15.3. The van der Waals surface area contributed by atoms with Crippen LogP contribution in [-0.2, 0) is 20.8 Å². The van der Waals surface area contributed by atoms with E-state index in [1.807, 2.05) is 60.6 Å². The summed E-state index contributed by atoms with van der Waals surface area (Å²) < 4.78 is 18.0. The van der Waals surface area contributed by atoms with Crippen molar-refractivity contribution >= 4 is 29.3 Å². The van der Waals surface area contributed by atoms with E-state index in [9.17, 15) is 18.8 Å². The van der Waals surface area contributed by atoms with Crippen molar-refractivity contribution in [1.29, 1.82) is 0 Å². The van der Waals surface area contributed by atoms with Crippen LogP contribution in [0.2, 0.25) is 5.02 Å². The fraction of sp³-hybridized carbons (Fsp3) is 0.545. The van der Waals surface area contributed by atoms with Gasteiger partial charge in [0, 0.05) is 25.2 Å². The standard InChI is InChI=1S/C22H33ClN4O4.C7H7F.2C2H6/c1-4-15(2)21-22(30)27(3)14-20(29)26-13-19(28)24-9-5-6-16-7-8-17(23)12-18(16)31-11-10-25-21;1-6-2-4-7(8)5-3-6;2*1-2/h7-8,12,15,21,25H,4-6,9-11,13-14H2,1-3H3,(H,24,28)(H,26,29);2-5H,1H3;2*1-2H3. The minimum atomic E-state index is -0.438. The Labute approximate surface area is 263 Å². The third-order valence-electron chi connectivity index (χ3n) is 6.39. The predicted molar refractivity (Wildman–Crippen MR) is 174 cm³/mol. The molecule has 8 nitrogen and oxygen atoms in total. The van der Waals surface area contributed by atoms with Crippen molar-refractivity contribution in [2.24, 2.45) is 5.92 Å². The van der Waals surface area contributed by atoms with Crippen LogP contribution in [-0.4, -0.2) is 68.5 Å². The largest absolute Gasteiger partial charge is 0.492 e. The molecule has 0 aliphatic carbocycles. The molecule has 1 aliphatic heterocycles. The third-order valence-corrected chi connectivity index (χ3v) is 6.63. The van der Waals surface area contributed by atoms with Gasteiger partial charge in [0.05, 0.1) is 19.1 Å². The van der Waals surface area contributed by atoms with E-state index in [2.05, 4.69) is 16.0 Å². The SMILES string of the molecule is CC.CC.CCC(C)C1NCCOc2cc(Cl)ccc2CCCNC(=O)CNC(=O)CN(C)C1=O.Cc1ccc(F)cc1. The molecule has 0 fully saturated rings. The van der Waals surface area contributed by atoms with Gasteiger partial charge in [0.1, 0.15) is 18.2 Å². The summed E-state index contributed by atoms with van der Waals surface area (Å²) in [5, 5.41) is 9.22. The van der Waals surface area contributed by atoms with Crippen LogP contribution in [0.4, 0.5) is 4.39 Å². The number of carbonyl (C=O) groups is 3. The van der Waals surface area contributed by atoms with Gasteiger partial charge in [-0.25, -0.2) is 4.39 Å². The zero-order chi connectivity index (χ0) is 32.8. The van der Waals surface area contributed by atoms with Crippen molar-refractivity contribution in [3.8, 4) is 5.75 Å². The fourth-order valence-corrected chi connectivity index (χ4v) is 4.04. The van der Waals surface area contributed by atoms with E-state index in [0.717, 1.165) is 24.0 Å². The van der Waals surface area contributed by atoms with Gasteiger partial charge in [0.15, 0.2) is 0 Å². The molecule has 0 saturated heterocycles. The number of carbonyl (C=O) groups excluding carboxylic acids is 3. The highest BCUT2D eigenvalue weighted by atomic mass is 35.5. The summed E-state index contributed by atoms with van der Waals surface area (Å²) in [6, 6.07) is 11.5. The van der Waals surface area contributed by atoms with Crippen LogP contribution in [0.15, 0.2) is 42.5 Å². The predicted octanol–water partition coefficient (Wildman–Crippen LogP) is 5.55. The molecule has 0 bridgehead atoms. The Hall–Kier alpha value is -3.17.